The smallest absolute Gasteiger partial charge is 0.203 e. The second-order valence-corrected chi connectivity index (χ2v) is 5.61. The van der Waals surface area contributed by atoms with E-state index in [0.717, 1.165) is 27.5 Å². The summed E-state index contributed by atoms with van der Waals surface area (Å²) >= 11 is 1.38. The fraction of sp³-hybridized carbons (Fsp3) is 0. The Morgan fingerprint density at radius 2 is 1.90 bits per heavy atom. The quantitative estimate of drug-likeness (QED) is 0.616. The molecule has 2 N–H and O–H groups in total. The zero-order valence-corrected chi connectivity index (χ0v) is 11.8. The van der Waals surface area contributed by atoms with Crippen molar-refractivity contribution >= 4 is 22.1 Å². The highest BCUT2D eigenvalue weighted by Crippen LogP contribution is 2.29. The summed E-state index contributed by atoms with van der Waals surface area (Å²) in [6, 6.07) is 14.1. The first kappa shape index (κ1) is 12.0. The van der Waals surface area contributed by atoms with Crippen LogP contribution in [0.15, 0.2) is 54.9 Å². The van der Waals surface area contributed by atoms with Gasteiger partial charge in [-0.3, -0.25) is 4.40 Å². The van der Waals surface area contributed by atoms with E-state index in [-0.39, 0.29) is 0 Å². The molecule has 5 nitrogen and oxygen atoms in total. The fourth-order valence-electron chi connectivity index (χ4n) is 2.31. The molecule has 0 unspecified atom stereocenters. The maximum absolute atomic E-state index is 5.65. The molecule has 21 heavy (non-hydrogen) atoms. The van der Waals surface area contributed by atoms with Crippen molar-refractivity contribution in [2.24, 2.45) is 0 Å². The van der Waals surface area contributed by atoms with Crippen LogP contribution in [0.4, 0.5) is 5.13 Å². The summed E-state index contributed by atoms with van der Waals surface area (Å²) in [6.45, 7) is 0. The van der Waals surface area contributed by atoms with Crippen LogP contribution in [0.5, 0.6) is 0 Å². The molecule has 0 radical (unpaired) electrons. The van der Waals surface area contributed by atoms with Crippen LogP contribution < -0.4 is 5.73 Å². The third kappa shape index (κ3) is 2.05. The van der Waals surface area contributed by atoms with Crippen LogP contribution in [0.2, 0.25) is 0 Å². The van der Waals surface area contributed by atoms with E-state index in [0.29, 0.717) is 5.13 Å². The number of aromatic nitrogens is 4. The van der Waals surface area contributed by atoms with Crippen molar-refractivity contribution in [1.29, 1.82) is 0 Å². The molecule has 3 aromatic heterocycles. The highest BCUT2D eigenvalue weighted by molar-refractivity contribution is 7.18. The van der Waals surface area contributed by atoms with Gasteiger partial charge in [0.1, 0.15) is 10.7 Å². The predicted molar refractivity (Wildman–Crippen MR) is 83.9 cm³/mol. The molecule has 0 aliphatic carbocycles. The van der Waals surface area contributed by atoms with Gasteiger partial charge in [0.05, 0.1) is 11.9 Å². The maximum atomic E-state index is 5.65. The summed E-state index contributed by atoms with van der Waals surface area (Å²) in [5, 5.41) is 9.26. The van der Waals surface area contributed by atoms with Crippen molar-refractivity contribution in [2.75, 3.05) is 5.73 Å². The van der Waals surface area contributed by atoms with Crippen LogP contribution in [0, 0.1) is 0 Å². The number of nitrogens with zero attached hydrogens (tertiary/aromatic N) is 4. The summed E-state index contributed by atoms with van der Waals surface area (Å²) in [4.78, 5) is 4.42. The molecule has 3 heterocycles. The van der Waals surface area contributed by atoms with Crippen molar-refractivity contribution < 1.29 is 0 Å². The monoisotopic (exact) mass is 293 g/mol. The lowest BCUT2D eigenvalue weighted by molar-refractivity contribution is 1.10. The van der Waals surface area contributed by atoms with Crippen molar-refractivity contribution in [3.8, 4) is 21.8 Å². The molecule has 6 heteroatoms. The van der Waals surface area contributed by atoms with E-state index in [1.54, 1.807) is 0 Å². The molecule has 0 fully saturated rings. The van der Waals surface area contributed by atoms with Gasteiger partial charge in [0.25, 0.3) is 0 Å². The molecule has 0 aliphatic rings. The Bertz CT molecular complexity index is 924. The second-order valence-electron chi connectivity index (χ2n) is 4.60. The zero-order chi connectivity index (χ0) is 14.2. The average molecular weight is 293 g/mol. The normalized spacial score (nSPS) is 11.0. The summed E-state index contributed by atoms with van der Waals surface area (Å²) in [6.07, 6.45) is 3.89. The molecule has 0 atom stereocenters. The first-order chi connectivity index (χ1) is 10.3. The van der Waals surface area contributed by atoms with Gasteiger partial charge in [0.15, 0.2) is 0 Å². The highest BCUT2D eigenvalue weighted by atomic mass is 32.1. The summed E-state index contributed by atoms with van der Waals surface area (Å²) in [5.74, 6) is 0. The van der Waals surface area contributed by atoms with Gasteiger partial charge in [-0.05, 0) is 18.2 Å². The van der Waals surface area contributed by atoms with Crippen molar-refractivity contribution in [3.63, 3.8) is 0 Å². The summed E-state index contributed by atoms with van der Waals surface area (Å²) in [7, 11) is 0. The Kier molecular flexibility index (Phi) is 2.68. The first-order valence-corrected chi connectivity index (χ1v) is 7.25. The maximum Gasteiger partial charge on any atom is 0.203 e. The zero-order valence-electron chi connectivity index (χ0n) is 11.0. The van der Waals surface area contributed by atoms with Crippen molar-refractivity contribution in [3.05, 3.63) is 54.9 Å². The van der Waals surface area contributed by atoms with Crippen LogP contribution in [-0.4, -0.2) is 19.6 Å². The minimum Gasteiger partial charge on any atom is -0.374 e. The molecule has 102 valence electrons. The Morgan fingerprint density at radius 1 is 1.00 bits per heavy atom. The number of imidazole rings is 1. The Hall–Kier alpha value is -2.73. The lowest BCUT2D eigenvalue weighted by atomic mass is 10.1. The molecule has 4 rings (SSSR count). The molecule has 0 amide bonds. The average Bonchev–Trinajstić information content (AvgIpc) is 3.13. The van der Waals surface area contributed by atoms with E-state index in [1.807, 2.05) is 42.7 Å². The number of nitrogens with two attached hydrogens (primary N) is 1. The third-order valence-electron chi connectivity index (χ3n) is 3.26. The third-order valence-corrected chi connectivity index (χ3v) is 4.06. The second kappa shape index (κ2) is 4.68. The molecule has 4 aromatic rings. The van der Waals surface area contributed by atoms with Gasteiger partial charge in [0.2, 0.25) is 5.13 Å². The first-order valence-electron chi connectivity index (χ1n) is 6.43. The largest absolute Gasteiger partial charge is 0.374 e. The summed E-state index contributed by atoms with van der Waals surface area (Å²) < 4.78 is 2.06. The number of pyridine rings is 1. The van der Waals surface area contributed by atoms with Gasteiger partial charge >= 0.3 is 0 Å². The van der Waals surface area contributed by atoms with Gasteiger partial charge in [-0.25, -0.2) is 4.98 Å². The minimum atomic E-state index is 0.477. The molecule has 0 saturated carbocycles. The van der Waals surface area contributed by atoms with Crippen LogP contribution >= 0.6 is 11.3 Å². The van der Waals surface area contributed by atoms with Gasteiger partial charge in [-0.1, -0.05) is 35.6 Å². The number of nitrogen functional groups attached to an aromatic ring is 1. The van der Waals surface area contributed by atoms with Gasteiger partial charge in [-0.2, -0.15) is 0 Å². The van der Waals surface area contributed by atoms with E-state index < -0.39 is 0 Å². The van der Waals surface area contributed by atoms with E-state index >= 15 is 0 Å². The Morgan fingerprint density at radius 3 is 2.76 bits per heavy atom. The number of anilines is 1. The van der Waals surface area contributed by atoms with Crippen LogP contribution in [0.3, 0.4) is 0 Å². The summed E-state index contributed by atoms with van der Waals surface area (Å²) in [5.41, 5.74) is 9.72. The lowest BCUT2D eigenvalue weighted by Crippen LogP contribution is -1.87. The number of hydrogen-bond acceptors (Lipinski definition) is 5. The molecule has 0 bridgehead atoms. The molecular formula is C15H11N5S. The number of fused-ring (bicyclic) bond motifs is 1. The molecule has 0 spiro atoms. The highest BCUT2D eigenvalue weighted by Gasteiger charge is 2.09. The number of hydrogen-bond donors (Lipinski definition) is 1. The standard InChI is InChI=1S/C15H11N5S/c16-15-19-18-14(21-15)11-5-3-4-10(8-11)12-9-17-13-6-1-2-7-20(12)13/h1-9H,(H2,16,19). The fourth-order valence-corrected chi connectivity index (χ4v) is 2.92. The van der Waals surface area contributed by atoms with E-state index in [9.17, 15) is 0 Å². The Labute approximate surface area is 124 Å². The lowest BCUT2D eigenvalue weighted by Gasteiger charge is -2.03. The SMILES string of the molecule is Nc1nnc(-c2cccc(-c3cnc4ccccn34)c2)s1. The van der Waals surface area contributed by atoms with E-state index in [4.69, 9.17) is 5.73 Å². The molecular weight excluding hydrogens is 282 g/mol. The minimum absolute atomic E-state index is 0.477. The Balaban J connectivity index is 1.86. The van der Waals surface area contributed by atoms with Crippen molar-refractivity contribution in [1.82, 2.24) is 19.6 Å². The van der Waals surface area contributed by atoms with E-state index in [1.165, 1.54) is 11.3 Å². The van der Waals surface area contributed by atoms with Crippen LogP contribution in [0.25, 0.3) is 27.5 Å². The van der Waals surface area contributed by atoms with Crippen molar-refractivity contribution in [2.45, 2.75) is 0 Å². The van der Waals surface area contributed by atoms with Crippen LogP contribution in [-0.2, 0) is 0 Å². The van der Waals surface area contributed by atoms with Gasteiger partial charge < -0.3 is 5.73 Å². The molecule has 1 aromatic carbocycles. The number of rotatable bonds is 2. The predicted octanol–water partition coefficient (Wildman–Crippen LogP) is 3.10. The topological polar surface area (TPSA) is 69.1 Å². The van der Waals surface area contributed by atoms with E-state index in [2.05, 4.69) is 31.7 Å². The number of benzene rings is 1. The van der Waals surface area contributed by atoms with Gasteiger partial charge in [0, 0.05) is 17.3 Å². The molecule has 0 aliphatic heterocycles. The molecule has 0 saturated heterocycles. The van der Waals surface area contributed by atoms with Gasteiger partial charge in [-0.15, -0.1) is 10.2 Å². The van der Waals surface area contributed by atoms with Crippen LogP contribution in [0.1, 0.15) is 0 Å².